The normalized spacial score (nSPS) is 14.7. The van der Waals surface area contributed by atoms with E-state index in [0.29, 0.717) is 38.1 Å². The van der Waals surface area contributed by atoms with E-state index in [1.54, 1.807) is 37.5 Å². The van der Waals surface area contributed by atoms with Gasteiger partial charge in [0.2, 0.25) is 0 Å². The van der Waals surface area contributed by atoms with Gasteiger partial charge in [-0.3, -0.25) is 14.5 Å². The number of carbonyl (C=O) groups excluding carboxylic acids is 2. The number of imide groups is 1. The molecule has 34 heavy (non-hydrogen) atoms. The van der Waals surface area contributed by atoms with Gasteiger partial charge < -0.3 is 9.47 Å². The molecule has 1 aliphatic heterocycles. The lowest BCUT2D eigenvalue weighted by Gasteiger charge is -2.13. The van der Waals surface area contributed by atoms with Crippen LogP contribution in [0.15, 0.2) is 74.5 Å². The van der Waals surface area contributed by atoms with E-state index in [2.05, 4.69) is 31.9 Å². The fraction of sp³-hybridized carbons (Fsp3) is 0.120. The molecule has 0 N–H and O–H groups in total. The highest BCUT2D eigenvalue weighted by Crippen LogP contribution is 2.38. The van der Waals surface area contributed by atoms with Crippen LogP contribution in [0.1, 0.15) is 16.7 Å². The molecule has 0 aromatic heterocycles. The predicted molar refractivity (Wildman–Crippen MR) is 142 cm³/mol. The van der Waals surface area contributed by atoms with Gasteiger partial charge >= 0.3 is 0 Å². The zero-order chi connectivity index (χ0) is 24.2. The molecular weight excluding hydrogens is 606 g/mol. The van der Waals surface area contributed by atoms with Gasteiger partial charge in [-0.25, -0.2) is 0 Å². The van der Waals surface area contributed by atoms with Gasteiger partial charge in [0.1, 0.15) is 6.61 Å². The van der Waals surface area contributed by atoms with Crippen molar-refractivity contribution in [2.75, 3.05) is 7.11 Å². The van der Waals surface area contributed by atoms with E-state index in [0.717, 1.165) is 27.4 Å². The van der Waals surface area contributed by atoms with Crippen molar-refractivity contribution in [1.29, 1.82) is 0 Å². The third-order valence-electron chi connectivity index (χ3n) is 5.00. The number of ether oxygens (including phenoxy) is 2. The summed E-state index contributed by atoms with van der Waals surface area (Å²) in [5.41, 5.74) is 2.53. The van der Waals surface area contributed by atoms with Gasteiger partial charge in [-0.05, 0) is 70.9 Å². The molecular formula is C25H18Br2ClNO4S. The maximum absolute atomic E-state index is 12.9. The van der Waals surface area contributed by atoms with Crippen LogP contribution in [0.25, 0.3) is 6.08 Å². The van der Waals surface area contributed by atoms with Crippen LogP contribution in [0, 0.1) is 0 Å². The first-order valence-electron chi connectivity index (χ1n) is 10.1. The van der Waals surface area contributed by atoms with Gasteiger partial charge in [-0.15, -0.1) is 0 Å². The predicted octanol–water partition coefficient (Wildman–Crippen LogP) is 7.69. The molecule has 5 nitrogen and oxygen atoms in total. The molecule has 0 radical (unpaired) electrons. The standard InChI is InChI=1S/C25H18Br2ClNO4S/c1-32-21-10-17(20(27)12-22(21)33-14-16-4-8-19(28)9-5-16)11-23-24(30)29(25(31)34-23)13-15-2-6-18(26)7-3-15/h2-12H,13-14H2,1H3/b23-11-. The Morgan fingerprint density at radius 3 is 2.32 bits per heavy atom. The van der Waals surface area contributed by atoms with Crippen molar-refractivity contribution in [1.82, 2.24) is 4.90 Å². The quantitative estimate of drug-likeness (QED) is 0.253. The summed E-state index contributed by atoms with van der Waals surface area (Å²) in [7, 11) is 1.55. The lowest BCUT2D eigenvalue weighted by atomic mass is 10.1. The Labute approximate surface area is 223 Å². The minimum absolute atomic E-state index is 0.219. The van der Waals surface area contributed by atoms with Crippen LogP contribution in [0.5, 0.6) is 11.5 Å². The van der Waals surface area contributed by atoms with Gasteiger partial charge in [-0.1, -0.05) is 67.7 Å². The maximum atomic E-state index is 12.9. The summed E-state index contributed by atoms with van der Waals surface area (Å²) in [5.74, 6) is 0.731. The second-order valence-electron chi connectivity index (χ2n) is 7.33. The number of benzene rings is 3. The molecule has 0 unspecified atom stereocenters. The van der Waals surface area contributed by atoms with E-state index in [1.807, 2.05) is 36.4 Å². The van der Waals surface area contributed by atoms with E-state index in [9.17, 15) is 9.59 Å². The first-order chi connectivity index (χ1) is 16.3. The monoisotopic (exact) mass is 621 g/mol. The summed E-state index contributed by atoms with van der Waals surface area (Å²) in [6.45, 7) is 0.561. The Balaban J connectivity index is 1.52. The van der Waals surface area contributed by atoms with Crippen LogP contribution in [0.4, 0.5) is 4.79 Å². The topological polar surface area (TPSA) is 55.8 Å². The van der Waals surface area contributed by atoms with Crippen molar-refractivity contribution in [2.45, 2.75) is 13.2 Å². The Kier molecular flexibility index (Phi) is 8.03. The molecule has 1 fully saturated rings. The van der Waals surface area contributed by atoms with Crippen molar-refractivity contribution >= 4 is 72.4 Å². The molecule has 9 heteroatoms. The van der Waals surface area contributed by atoms with Gasteiger partial charge in [0.25, 0.3) is 11.1 Å². The Hall–Kier alpha value is -2.26. The largest absolute Gasteiger partial charge is 0.493 e. The molecule has 3 aromatic carbocycles. The first kappa shape index (κ1) is 24.9. The number of carbonyl (C=O) groups is 2. The molecule has 0 spiro atoms. The van der Waals surface area contributed by atoms with E-state index in [4.69, 9.17) is 21.1 Å². The molecule has 1 saturated heterocycles. The highest BCUT2D eigenvalue weighted by molar-refractivity contribution is 9.10. The average Bonchev–Trinajstić information content (AvgIpc) is 3.08. The molecule has 1 heterocycles. The van der Waals surface area contributed by atoms with E-state index < -0.39 is 0 Å². The molecule has 0 bridgehead atoms. The second-order valence-corrected chi connectivity index (χ2v) is 10.5. The molecule has 0 atom stereocenters. The van der Waals surface area contributed by atoms with Gasteiger partial charge in [0.05, 0.1) is 18.6 Å². The van der Waals surface area contributed by atoms with Crippen molar-refractivity contribution in [3.8, 4) is 11.5 Å². The zero-order valence-electron chi connectivity index (χ0n) is 17.9. The second kappa shape index (κ2) is 11.0. The van der Waals surface area contributed by atoms with E-state index >= 15 is 0 Å². The summed E-state index contributed by atoms with van der Waals surface area (Å²) in [6.07, 6.45) is 1.68. The van der Waals surface area contributed by atoms with Crippen molar-refractivity contribution < 1.29 is 19.1 Å². The number of halogens is 3. The van der Waals surface area contributed by atoms with Crippen molar-refractivity contribution in [3.63, 3.8) is 0 Å². The summed E-state index contributed by atoms with van der Waals surface area (Å²) >= 11 is 13.8. The SMILES string of the molecule is COc1cc(/C=C2\SC(=O)N(Cc3ccc(Br)cc3)C2=O)c(Br)cc1OCc1ccc(Cl)cc1. The average molecular weight is 624 g/mol. The summed E-state index contributed by atoms with van der Waals surface area (Å²) < 4.78 is 13.1. The lowest BCUT2D eigenvalue weighted by Crippen LogP contribution is -2.27. The summed E-state index contributed by atoms with van der Waals surface area (Å²) in [5, 5.41) is 0.361. The number of rotatable bonds is 7. The highest BCUT2D eigenvalue weighted by atomic mass is 79.9. The molecule has 2 amide bonds. The van der Waals surface area contributed by atoms with Crippen LogP contribution in [-0.4, -0.2) is 23.2 Å². The fourth-order valence-electron chi connectivity index (χ4n) is 3.23. The minimum Gasteiger partial charge on any atom is -0.493 e. The van der Waals surface area contributed by atoms with E-state index in [1.165, 1.54) is 4.90 Å². The van der Waals surface area contributed by atoms with Crippen LogP contribution >= 0.6 is 55.2 Å². The summed E-state index contributed by atoms with van der Waals surface area (Å²) in [6, 6.07) is 18.5. The molecule has 0 aliphatic carbocycles. The Morgan fingerprint density at radius 1 is 0.971 bits per heavy atom. The molecule has 4 rings (SSSR count). The zero-order valence-corrected chi connectivity index (χ0v) is 22.6. The Bertz CT molecular complexity index is 1260. The minimum atomic E-state index is -0.327. The number of hydrogen-bond acceptors (Lipinski definition) is 5. The molecule has 0 saturated carbocycles. The third kappa shape index (κ3) is 5.86. The molecule has 1 aliphatic rings. The first-order valence-corrected chi connectivity index (χ1v) is 12.9. The third-order valence-corrected chi connectivity index (χ3v) is 7.38. The molecule has 174 valence electrons. The number of hydrogen-bond donors (Lipinski definition) is 0. The smallest absolute Gasteiger partial charge is 0.293 e. The van der Waals surface area contributed by atoms with Crippen LogP contribution < -0.4 is 9.47 Å². The summed E-state index contributed by atoms with van der Waals surface area (Å²) in [4.78, 5) is 27.0. The van der Waals surface area contributed by atoms with Crippen molar-refractivity contribution in [3.05, 3.63) is 96.2 Å². The van der Waals surface area contributed by atoms with Crippen LogP contribution in [-0.2, 0) is 17.9 Å². The van der Waals surface area contributed by atoms with Gasteiger partial charge in [0.15, 0.2) is 11.5 Å². The number of thioether (sulfide) groups is 1. The van der Waals surface area contributed by atoms with Crippen LogP contribution in [0.3, 0.4) is 0 Å². The number of amides is 2. The lowest BCUT2D eigenvalue weighted by molar-refractivity contribution is -0.123. The van der Waals surface area contributed by atoms with Gasteiger partial charge in [0, 0.05) is 14.0 Å². The highest BCUT2D eigenvalue weighted by Gasteiger charge is 2.35. The molecule has 3 aromatic rings. The van der Waals surface area contributed by atoms with Gasteiger partial charge in [-0.2, -0.15) is 0 Å². The number of methoxy groups -OCH3 is 1. The Morgan fingerprint density at radius 2 is 1.65 bits per heavy atom. The fourth-order valence-corrected chi connectivity index (χ4v) is 4.88. The van der Waals surface area contributed by atoms with Crippen molar-refractivity contribution in [2.24, 2.45) is 0 Å². The van der Waals surface area contributed by atoms with Crippen LogP contribution in [0.2, 0.25) is 5.02 Å². The maximum Gasteiger partial charge on any atom is 0.293 e. The van der Waals surface area contributed by atoms with E-state index in [-0.39, 0.29) is 17.7 Å². The number of nitrogens with zero attached hydrogens (tertiary/aromatic N) is 1.